The Balaban J connectivity index is 2.18. The van der Waals surface area contributed by atoms with E-state index in [-0.39, 0.29) is 32.2 Å². The number of rotatable bonds is 4. The monoisotopic (exact) mass is 511 g/mol. The first kappa shape index (κ1) is 24.7. The minimum Gasteiger partial charge on any atom is -0.465 e. The van der Waals surface area contributed by atoms with Gasteiger partial charge in [-0.25, -0.2) is 21.6 Å². The molecule has 1 heterocycles. The summed E-state index contributed by atoms with van der Waals surface area (Å²) in [6.07, 6.45) is 0. The van der Waals surface area contributed by atoms with Crippen LogP contribution in [0.4, 0.5) is 5.69 Å². The third kappa shape index (κ3) is 4.37. The second kappa shape index (κ2) is 8.98. The fourth-order valence-electron chi connectivity index (χ4n) is 4.16. The highest BCUT2D eigenvalue weighted by Gasteiger charge is 2.37. The lowest BCUT2D eigenvalue weighted by atomic mass is 9.95. The minimum absolute atomic E-state index is 0.0119. The highest BCUT2D eigenvalue weighted by atomic mass is 32.2. The molecule has 0 saturated heterocycles. The van der Waals surface area contributed by atoms with Gasteiger partial charge in [-0.15, -0.1) is 0 Å². The second-order valence-electron chi connectivity index (χ2n) is 8.51. The van der Waals surface area contributed by atoms with Crippen LogP contribution in [0.3, 0.4) is 0 Å². The van der Waals surface area contributed by atoms with E-state index in [1.807, 2.05) is 0 Å². The van der Waals surface area contributed by atoms with Crippen LogP contribution in [0.15, 0.2) is 81.9 Å². The van der Waals surface area contributed by atoms with Gasteiger partial charge in [-0.3, -0.25) is 4.31 Å². The topological polar surface area (TPSA) is 97.8 Å². The lowest BCUT2D eigenvalue weighted by Gasteiger charge is -2.28. The minimum atomic E-state index is -4.06. The zero-order valence-electron chi connectivity index (χ0n) is 19.7. The van der Waals surface area contributed by atoms with Gasteiger partial charge in [-0.1, -0.05) is 35.9 Å². The number of methoxy groups -OCH3 is 1. The molecular formula is C26H25NO6S2. The van der Waals surface area contributed by atoms with Crippen molar-refractivity contribution in [2.45, 2.75) is 36.6 Å². The molecule has 1 aliphatic heterocycles. The molecule has 35 heavy (non-hydrogen) atoms. The van der Waals surface area contributed by atoms with Crippen LogP contribution in [0.2, 0.25) is 0 Å². The average Bonchev–Trinajstić information content (AvgIpc) is 2.89. The van der Waals surface area contributed by atoms with E-state index in [0.717, 1.165) is 11.0 Å². The summed E-state index contributed by atoms with van der Waals surface area (Å²) in [6, 6.07) is 16.7. The second-order valence-corrected chi connectivity index (χ2v) is 12.1. The van der Waals surface area contributed by atoms with Gasteiger partial charge in [0.1, 0.15) is 0 Å². The number of benzene rings is 3. The SMILES string of the molecule is COC(=O)c1ccc2c(c1)/C(=C\S(=O)(=O)c1ccccc1)c1cc(C)ccc1S(=O)(=O)N2C(C)C. The normalized spacial score (nSPS) is 15.9. The van der Waals surface area contributed by atoms with Gasteiger partial charge >= 0.3 is 5.97 Å². The molecule has 0 radical (unpaired) electrons. The quantitative estimate of drug-likeness (QED) is 0.476. The van der Waals surface area contributed by atoms with Crippen LogP contribution in [0.25, 0.3) is 5.57 Å². The Morgan fingerprint density at radius 2 is 1.66 bits per heavy atom. The van der Waals surface area contributed by atoms with Crippen molar-refractivity contribution in [1.82, 2.24) is 0 Å². The zero-order valence-corrected chi connectivity index (χ0v) is 21.4. The maximum atomic E-state index is 13.9. The van der Waals surface area contributed by atoms with Crippen molar-refractivity contribution < 1.29 is 26.4 Å². The van der Waals surface area contributed by atoms with Gasteiger partial charge in [-0.2, -0.15) is 0 Å². The van der Waals surface area contributed by atoms with E-state index < -0.39 is 31.9 Å². The number of hydrogen-bond donors (Lipinski definition) is 0. The molecule has 3 aromatic rings. The molecule has 0 atom stereocenters. The highest BCUT2D eigenvalue weighted by molar-refractivity contribution is 7.94. The number of nitrogens with zero attached hydrogens (tertiary/aromatic N) is 1. The molecule has 7 nitrogen and oxygen atoms in total. The fourth-order valence-corrected chi connectivity index (χ4v) is 7.27. The summed E-state index contributed by atoms with van der Waals surface area (Å²) in [7, 11) is -6.79. The van der Waals surface area contributed by atoms with E-state index in [1.54, 1.807) is 51.1 Å². The number of hydrogen-bond acceptors (Lipinski definition) is 6. The third-order valence-electron chi connectivity index (χ3n) is 5.72. The van der Waals surface area contributed by atoms with Crippen molar-refractivity contribution in [1.29, 1.82) is 0 Å². The molecule has 0 fully saturated rings. The number of carbonyl (C=O) groups excluding carboxylic acids is 1. The standard InChI is InChI=1S/C26H25NO6S2/c1-17(2)27-24-12-11-19(26(28)33-4)15-21(24)23(16-34(29,30)20-8-6-5-7-9-20)22-14-18(3)10-13-25(22)35(27,31)32/h5-17H,1-4H3/b23-16+. The number of carbonyl (C=O) groups is 1. The Morgan fingerprint density at radius 3 is 2.29 bits per heavy atom. The van der Waals surface area contributed by atoms with Gasteiger partial charge in [0.25, 0.3) is 10.0 Å². The summed E-state index contributed by atoms with van der Waals surface area (Å²) >= 11 is 0. The summed E-state index contributed by atoms with van der Waals surface area (Å²) in [5.41, 5.74) is 1.93. The number of anilines is 1. The Hall–Kier alpha value is -3.43. The van der Waals surface area contributed by atoms with E-state index in [4.69, 9.17) is 4.74 Å². The van der Waals surface area contributed by atoms with Crippen molar-refractivity contribution in [2.24, 2.45) is 0 Å². The van der Waals surface area contributed by atoms with Crippen molar-refractivity contribution in [3.05, 3.63) is 94.4 Å². The first-order valence-corrected chi connectivity index (χ1v) is 13.9. The Morgan fingerprint density at radius 1 is 0.971 bits per heavy atom. The highest BCUT2D eigenvalue weighted by Crippen LogP contribution is 2.44. The molecule has 0 saturated carbocycles. The van der Waals surface area contributed by atoms with Crippen LogP contribution in [0.5, 0.6) is 0 Å². The average molecular weight is 512 g/mol. The van der Waals surface area contributed by atoms with E-state index in [9.17, 15) is 21.6 Å². The molecule has 4 rings (SSSR count). The molecule has 182 valence electrons. The maximum absolute atomic E-state index is 13.9. The number of aryl methyl sites for hydroxylation is 1. The van der Waals surface area contributed by atoms with E-state index in [1.165, 1.54) is 47.8 Å². The van der Waals surface area contributed by atoms with Gasteiger partial charge in [-0.05, 0) is 57.2 Å². The van der Waals surface area contributed by atoms with Gasteiger partial charge in [0.2, 0.25) is 0 Å². The van der Waals surface area contributed by atoms with Crippen molar-refractivity contribution in [2.75, 3.05) is 11.4 Å². The molecule has 9 heteroatoms. The number of ether oxygens (including phenoxy) is 1. The molecule has 0 bridgehead atoms. The predicted octanol–water partition coefficient (Wildman–Crippen LogP) is 4.56. The molecule has 1 aliphatic rings. The van der Waals surface area contributed by atoms with Crippen molar-refractivity contribution in [3.63, 3.8) is 0 Å². The molecule has 0 aromatic heterocycles. The number of fused-ring (bicyclic) bond motifs is 2. The molecule has 0 aliphatic carbocycles. The van der Waals surface area contributed by atoms with Crippen LogP contribution < -0.4 is 4.31 Å². The largest absolute Gasteiger partial charge is 0.465 e. The maximum Gasteiger partial charge on any atom is 0.337 e. The van der Waals surface area contributed by atoms with Gasteiger partial charge in [0, 0.05) is 28.1 Å². The fraction of sp³-hybridized carbons (Fsp3) is 0.192. The number of sulfone groups is 1. The lowest BCUT2D eigenvalue weighted by Crippen LogP contribution is -2.37. The van der Waals surface area contributed by atoms with E-state index in [0.29, 0.717) is 5.56 Å². The first-order chi connectivity index (χ1) is 16.5. The summed E-state index contributed by atoms with van der Waals surface area (Å²) in [5, 5.41) is 1.08. The number of sulfonamides is 1. The Labute approximate surface area is 205 Å². The molecule has 0 amide bonds. The van der Waals surface area contributed by atoms with Gasteiger partial charge < -0.3 is 4.74 Å². The molecule has 3 aromatic carbocycles. The molecule has 0 unspecified atom stereocenters. The van der Waals surface area contributed by atoms with E-state index in [2.05, 4.69) is 0 Å². The first-order valence-electron chi connectivity index (χ1n) is 10.9. The van der Waals surface area contributed by atoms with E-state index >= 15 is 0 Å². The van der Waals surface area contributed by atoms with Gasteiger partial charge in [0.15, 0.2) is 9.84 Å². The predicted molar refractivity (Wildman–Crippen MR) is 134 cm³/mol. The van der Waals surface area contributed by atoms with Crippen LogP contribution in [-0.2, 0) is 24.6 Å². The molecule has 0 spiro atoms. The summed E-state index contributed by atoms with van der Waals surface area (Å²) in [6.45, 7) is 5.27. The Bertz CT molecular complexity index is 1560. The van der Waals surface area contributed by atoms with Crippen LogP contribution in [-0.4, -0.2) is 36.0 Å². The smallest absolute Gasteiger partial charge is 0.337 e. The summed E-state index contributed by atoms with van der Waals surface area (Å²) in [4.78, 5) is 12.4. The number of esters is 1. The third-order valence-corrected chi connectivity index (χ3v) is 9.24. The lowest BCUT2D eigenvalue weighted by molar-refractivity contribution is 0.0600. The summed E-state index contributed by atoms with van der Waals surface area (Å²) < 4.78 is 60.7. The zero-order chi connectivity index (χ0) is 25.5. The molecule has 0 N–H and O–H groups in total. The van der Waals surface area contributed by atoms with Crippen LogP contribution in [0.1, 0.15) is 40.9 Å². The van der Waals surface area contributed by atoms with Crippen LogP contribution >= 0.6 is 0 Å². The Kier molecular flexibility index (Phi) is 6.33. The van der Waals surface area contributed by atoms with Crippen LogP contribution in [0, 0.1) is 6.92 Å². The van der Waals surface area contributed by atoms with Gasteiger partial charge in [0.05, 0.1) is 28.2 Å². The summed E-state index contributed by atoms with van der Waals surface area (Å²) in [5.74, 6) is -0.620. The van der Waals surface area contributed by atoms with Crippen molar-refractivity contribution >= 4 is 37.1 Å². The molecular weight excluding hydrogens is 486 g/mol. The van der Waals surface area contributed by atoms with Crippen molar-refractivity contribution in [3.8, 4) is 0 Å².